The van der Waals surface area contributed by atoms with Crippen molar-refractivity contribution in [3.63, 3.8) is 0 Å². The van der Waals surface area contributed by atoms with E-state index < -0.39 is 5.97 Å². The Bertz CT molecular complexity index is 385. The van der Waals surface area contributed by atoms with Gasteiger partial charge in [0.15, 0.2) is 0 Å². The van der Waals surface area contributed by atoms with Gasteiger partial charge in [-0.2, -0.15) is 0 Å². The summed E-state index contributed by atoms with van der Waals surface area (Å²) in [5.74, 6) is -0.816. The lowest BCUT2D eigenvalue weighted by Crippen LogP contribution is -2.17. The average Bonchev–Trinajstić information content (AvgIpc) is 2.38. The first-order valence-corrected chi connectivity index (χ1v) is 6.41. The van der Waals surface area contributed by atoms with Gasteiger partial charge in [-0.15, -0.1) is 0 Å². The smallest absolute Gasteiger partial charge is 0.331 e. The number of hydrogen-bond donors (Lipinski definition) is 2. The van der Waals surface area contributed by atoms with Crippen LogP contribution < -0.4 is 5.32 Å². The standard InChI is InChI=1S/C15H21NO2/c1-2-14(15(17)18)10-12-16-11-6-9-13-7-4-3-5-8-13/h3-5,7-8,10,16H,2,6,9,11-12H2,1H3,(H,17,18)/b14-10-. The second-order valence-corrected chi connectivity index (χ2v) is 4.18. The highest BCUT2D eigenvalue weighted by Gasteiger charge is 2.02. The van der Waals surface area contributed by atoms with Crippen LogP contribution in [0.2, 0.25) is 0 Å². The predicted octanol–water partition coefficient (Wildman–Crippen LogP) is 2.63. The zero-order valence-electron chi connectivity index (χ0n) is 10.9. The molecular formula is C15H21NO2. The summed E-state index contributed by atoms with van der Waals surface area (Å²) in [5, 5.41) is 12.1. The fraction of sp³-hybridized carbons (Fsp3) is 0.400. The summed E-state index contributed by atoms with van der Waals surface area (Å²) in [5.41, 5.74) is 1.82. The van der Waals surface area contributed by atoms with Gasteiger partial charge in [0.05, 0.1) is 0 Å². The molecule has 0 saturated heterocycles. The zero-order valence-corrected chi connectivity index (χ0v) is 10.9. The number of benzene rings is 1. The molecule has 0 aliphatic carbocycles. The minimum atomic E-state index is -0.816. The molecule has 0 unspecified atom stereocenters. The van der Waals surface area contributed by atoms with Gasteiger partial charge in [-0.25, -0.2) is 4.79 Å². The van der Waals surface area contributed by atoms with Gasteiger partial charge in [0.1, 0.15) is 0 Å². The van der Waals surface area contributed by atoms with E-state index in [1.54, 1.807) is 6.08 Å². The molecular weight excluding hydrogens is 226 g/mol. The first-order chi connectivity index (χ1) is 8.74. The van der Waals surface area contributed by atoms with Crippen molar-refractivity contribution in [1.82, 2.24) is 5.32 Å². The quantitative estimate of drug-likeness (QED) is 0.548. The molecule has 0 heterocycles. The van der Waals surface area contributed by atoms with E-state index in [-0.39, 0.29) is 0 Å². The average molecular weight is 247 g/mol. The van der Waals surface area contributed by atoms with Gasteiger partial charge in [0.25, 0.3) is 0 Å². The molecule has 0 aliphatic heterocycles. The Morgan fingerprint density at radius 1 is 1.33 bits per heavy atom. The Kier molecular flexibility index (Phi) is 6.81. The Morgan fingerprint density at radius 3 is 2.67 bits per heavy atom. The van der Waals surface area contributed by atoms with Crippen LogP contribution in [0.25, 0.3) is 0 Å². The SMILES string of the molecule is CC/C(=C/CNCCCc1ccccc1)C(=O)O. The maximum atomic E-state index is 10.7. The second kappa shape index (κ2) is 8.48. The molecule has 1 aromatic rings. The number of carboxylic acid groups (broad SMARTS) is 1. The third-order valence-electron chi connectivity index (χ3n) is 2.81. The van der Waals surface area contributed by atoms with E-state index in [1.807, 2.05) is 25.1 Å². The van der Waals surface area contributed by atoms with Crippen LogP contribution >= 0.6 is 0 Å². The lowest BCUT2D eigenvalue weighted by Gasteiger charge is -2.03. The number of nitrogens with one attached hydrogen (secondary N) is 1. The number of hydrogen-bond acceptors (Lipinski definition) is 2. The number of aliphatic carboxylic acids is 1. The zero-order chi connectivity index (χ0) is 13.2. The van der Waals surface area contributed by atoms with Gasteiger partial charge in [0, 0.05) is 12.1 Å². The molecule has 3 heteroatoms. The van der Waals surface area contributed by atoms with E-state index >= 15 is 0 Å². The van der Waals surface area contributed by atoms with Crippen LogP contribution in [0.15, 0.2) is 42.0 Å². The van der Waals surface area contributed by atoms with E-state index in [2.05, 4.69) is 17.4 Å². The first kappa shape index (κ1) is 14.5. The molecule has 2 N–H and O–H groups in total. The van der Waals surface area contributed by atoms with Crippen LogP contribution in [0.4, 0.5) is 0 Å². The molecule has 3 nitrogen and oxygen atoms in total. The van der Waals surface area contributed by atoms with Crippen molar-refractivity contribution < 1.29 is 9.90 Å². The summed E-state index contributed by atoms with van der Waals surface area (Å²) in [4.78, 5) is 10.7. The van der Waals surface area contributed by atoms with Gasteiger partial charge >= 0.3 is 5.97 Å². The molecule has 1 rings (SSSR count). The van der Waals surface area contributed by atoms with E-state index in [9.17, 15) is 4.79 Å². The summed E-state index contributed by atoms with van der Waals surface area (Å²) in [6.45, 7) is 3.39. The minimum absolute atomic E-state index is 0.477. The van der Waals surface area contributed by atoms with Crippen molar-refractivity contribution in [3.05, 3.63) is 47.5 Å². The molecule has 18 heavy (non-hydrogen) atoms. The molecule has 1 aromatic carbocycles. The maximum Gasteiger partial charge on any atom is 0.331 e. The fourth-order valence-corrected chi connectivity index (χ4v) is 1.74. The van der Waals surface area contributed by atoms with Crippen molar-refractivity contribution in [2.45, 2.75) is 26.2 Å². The molecule has 0 amide bonds. The van der Waals surface area contributed by atoms with Crippen LogP contribution in [-0.2, 0) is 11.2 Å². The van der Waals surface area contributed by atoms with Gasteiger partial charge in [-0.05, 0) is 31.4 Å². The highest BCUT2D eigenvalue weighted by molar-refractivity contribution is 5.86. The number of carboxylic acids is 1. The molecule has 0 fully saturated rings. The largest absolute Gasteiger partial charge is 0.478 e. The summed E-state index contributed by atoms with van der Waals surface area (Å²) >= 11 is 0. The van der Waals surface area contributed by atoms with E-state index in [0.29, 0.717) is 18.5 Å². The Balaban J connectivity index is 2.14. The van der Waals surface area contributed by atoms with Crippen molar-refractivity contribution in [2.75, 3.05) is 13.1 Å². The van der Waals surface area contributed by atoms with E-state index in [0.717, 1.165) is 19.4 Å². The van der Waals surface area contributed by atoms with Crippen molar-refractivity contribution in [3.8, 4) is 0 Å². The summed E-state index contributed by atoms with van der Waals surface area (Å²) in [6, 6.07) is 10.4. The molecule has 0 aliphatic rings. The molecule has 98 valence electrons. The van der Waals surface area contributed by atoms with Crippen molar-refractivity contribution in [2.24, 2.45) is 0 Å². The molecule has 0 saturated carbocycles. The highest BCUT2D eigenvalue weighted by atomic mass is 16.4. The number of carbonyl (C=O) groups is 1. The van der Waals surface area contributed by atoms with Gasteiger partial charge in [-0.3, -0.25) is 0 Å². The van der Waals surface area contributed by atoms with Crippen LogP contribution in [-0.4, -0.2) is 24.2 Å². The molecule has 0 atom stereocenters. The summed E-state index contributed by atoms with van der Waals surface area (Å²) in [7, 11) is 0. The maximum absolute atomic E-state index is 10.7. The Labute approximate surface area is 109 Å². The Hall–Kier alpha value is -1.61. The third-order valence-corrected chi connectivity index (χ3v) is 2.81. The van der Waals surface area contributed by atoms with Crippen LogP contribution in [0.3, 0.4) is 0 Å². The van der Waals surface area contributed by atoms with Crippen molar-refractivity contribution in [1.29, 1.82) is 0 Å². The number of rotatable bonds is 8. The van der Waals surface area contributed by atoms with Crippen LogP contribution in [0, 0.1) is 0 Å². The van der Waals surface area contributed by atoms with Gasteiger partial charge in [0.2, 0.25) is 0 Å². The van der Waals surface area contributed by atoms with Gasteiger partial charge in [-0.1, -0.05) is 43.3 Å². The molecule has 0 spiro atoms. The first-order valence-electron chi connectivity index (χ1n) is 6.41. The topological polar surface area (TPSA) is 49.3 Å². The minimum Gasteiger partial charge on any atom is -0.478 e. The third kappa shape index (κ3) is 5.64. The summed E-state index contributed by atoms with van der Waals surface area (Å²) < 4.78 is 0. The lowest BCUT2D eigenvalue weighted by atomic mass is 10.1. The van der Waals surface area contributed by atoms with E-state index in [1.165, 1.54) is 5.56 Å². The summed E-state index contributed by atoms with van der Waals surface area (Å²) in [6.07, 6.45) is 4.44. The van der Waals surface area contributed by atoms with Crippen molar-refractivity contribution >= 4 is 5.97 Å². The fourth-order valence-electron chi connectivity index (χ4n) is 1.74. The predicted molar refractivity (Wildman–Crippen MR) is 73.6 cm³/mol. The second-order valence-electron chi connectivity index (χ2n) is 4.18. The molecule has 0 aromatic heterocycles. The lowest BCUT2D eigenvalue weighted by molar-refractivity contribution is -0.132. The normalized spacial score (nSPS) is 11.5. The highest BCUT2D eigenvalue weighted by Crippen LogP contribution is 2.02. The van der Waals surface area contributed by atoms with Crippen LogP contribution in [0.1, 0.15) is 25.3 Å². The van der Waals surface area contributed by atoms with Crippen LogP contribution in [0.5, 0.6) is 0 Å². The number of aryl methyl sites for hydroxylation is 1. The molecule has 0 radical (unpaired) electrons. The molecule has 0 bridgehead atoms. The monoisotopic (exact) mass is 247 g/mol. The van der Waals surface area contributed by atoms with Gasteiger partial charge < -0.3 is 10.4 Å². The van der Waals surface area contributed by atoms with E-state index in [4.69, 9.17) is 5.11 Å². The Morgan fingerprint density at radius 2 is 2.06 bits per heavy atom.